The number of carbonyl (C=O) groups excluding carboxylic acids is 1. The molecule has 1 saturated heterocycles. The molecule has 0 aromatic heterocycles. The van der Waals surface area contributed by atoms with Gasteiger partial charge in [-0.3, -0.25) is 4.79 Å². The summed E-state index contributed by atoms with van der Waals surface area (Å²) in [6.45, 7) is 4.00. The minimum atomic E-state index is 0.136. The number of piperidine rings is 1. The molecule has 0 aromatic carbocycles. The molecule has 1 amide bonds. The van der Waals surface area contributed by atoms with Gasteiger partial charge in [0.05, 0.1) is 6.61 Å². The zero-order valence-corrected chi connectivity index (χ0v) is 12.9. The largest absolute Gasteiger partial charge is 0.384 e. The molecule has 0 bridgehead atoms. The molecule has 4 heteroatoms. The molecule has 1 atom stereocenters. The van der Waals surface area contributed by atoms with Gasteiger partial charge in [0.2, 0.25) is 5.91 Å². The number of nitrogens with one attached hydrogen (secondary N) is 1. The second-order valence-electron chi connectivity index (χ2n) is 6.41. The van der Waals surface area contributed by atoms with E-state index in [0.717, 1.165) is 18.9 Å². The van der Waals surface area contributed by atoms with Crippen molar-refractivity contribution in [3.05, 3.63) is 0 Å². The molecule has 1 saturated carbocycles. The van der Waals surface area contributed by atoms with Crippen molar-refractivity contribution in [2.24, 2.45) is 5.92 Å². The molecule has 2 fully saturated rings. The van der Waals surface area contributed by atoms with Gasteiger partial charge < -0.3 is 15.0 Å². The first-order valence-corrected chi connectivity index (χ1v) is 8.28. The Hall–Kier alpha value is -0.610. The number of hydrogen-bond donors (Lipinski definition) is 1. The lowest BCUT2D eigenvalue weighted by molar-refractivity contribution is -0.123. The number of likely N-dealkylation sites (tertiary alicyclic amines) is 1. The molecule has 1 heterocycles. The average Bonchev–Trinajstić information content (AvgIpc) is 2.46. The number of rotatable bonds is 6. The third-order valence-electron chi connectivity index (χ3n) is 4.65. The molecule has 0 aromatic rings. The van der Waals surface area contributed by atoms with Gasteiger partial charge in [0.15, 0.2) is 0 Å². The SMILES string of the molecule is COCCC(=O)NC1CCCN(CC2CCCCC2)C1. The highest BCUT2D eigenvalue weighted by molar-refractivity contribution is 5.76. The lowest BCUT2D eigenvalue weighted by Crippen LogP contribution is -2.49. The lowest BCUT2D eigenvalue weighted by atomic mass is 9.88. The quantitative estimate of drug-likeness (QED) is 0.812. The molecule has 1 N–H and O–H groups in total. The first-order chi connectivity index (χ1) is 9.78. The van der Waals surface area contributed by atoms with E-state index in [1.54, 1.807) is 7.11 Å². The summed E-state index contributed by atoms with van der Waals surface area (Å²) in [5.74, 6) is 1.03. The second kappa shape index (κ2) is 8.63. The molecule has 1 unspecified atom stereocenters. The molecule has 1 aliphatic heterocycles. The summed E-state index contributed by atoms with van der Waals surface area (Å²) in [5, 5.41) is 3.16. The normalized spacial score (nSPS) is 25.6. The number of methoxy groups -OCH3 is 1. The van der Waals surface area contributed by atoms with Crippen molar-refractivity contribution in [2.45, 2.75) is 57.4 Å². The molecule has 2 rings (SSSR count). The summed E-state index contributed by atoms with van der Waals surface area (Å²) in [4.78, 5) is 14.3. The maximum absolute atomic E-state index is 11.8. The van der Waals surface area contributed by atoms with Gasteiger partial charge in [-0.15, -0.1) is 0 Å². The predicted molar refractivity (Wildman–Crippen MR) is 80.7 cm³/mol. The molecule has 2 aliphatic rings. The Bertz CT molecular complexity index is 290. The van der Waals surface area contributed by atoms with Crippen molar-refractivity contribution < 1.29 is 9.53 Å². The third-order valence-corrected chi connectivity index (χ3v) is 4.65. The van der Waals surface area contributed by atoms with Gasteiger partial charge in [-0.25, -0.2) is 0 Å². The van der Waals surface area contributed by atoms with E-state index in [4.69, 9.17) is 4.74 Å². The van der Waals surface area contributed by atoms with Crippen LogP contribution in [0.3, 0.4) is 0 Å². The van der Waals surface area contributed by atoms with Crippen LogP contribution in [-0.4, -0.2) is 50.2 Å². The molecule has 0 spiro atoms. The van der Waals surface area contributed by atoms with Crippen LogP contribution in [0.5, 0.6) is 0 Å². The van der Waals surface area contributed by atoms with E-state index >= 15 is 0 Å². The molecular weight excluding hydrogens is 252 g/mol. The topological polar surface area (TPSA) is 41.6 Å². The van der Waals surface area contributed by atoms with Gasteiger partial charge >= 0.3 is 0 Å². The monoisotopic (exact) mass is 282 g/mol. The summed E-state index contributed by atoms with van der Waals surface area (Å²) in [6, 6.07) is 0.344. The maximum Gasteiger partial charge on any atom is 0.222 e. The van der Waals surface area contributed by atoms with Crippen LogP contribution in [0.2, 0.25) is 0 Å². The Morgan fingerprint density at radius 3 is 2.75 bits per heavy atom. The number of amides is 1. The number of ether oxygens (including phenoxy) is 1. The first kappa shape index (κ1) is 15.8. The predicted octanol–water partition coefficient (Wildman–Crippen LogP) is 2.18. The van der Waals surface area contributed by atoms with E-state index < -0.39 is 0 Å². The highest BCUT2D eigenvalue weighted by Gasteiger charge is 2.24. The van der Waals surface area contributed by atoms with Gasteiger partial charge in [0, 0.05) is 32.7 Å². The third kappa shape index (κ3) is 5.41. The van der Waals surface area contributed by atoms with Gasteiger partial charge in [0.25, 0.3) is 0 Å². The first-order valence-electron chi connectivity index (χ1n) is 8.28. The maximum atomic E-state index is 11.8. The Balaban J connectivity index is 1.69. The van der Waals surface area contributed by atoms with E-state index in [2.05, 4.69) is 10.2 Å². The molecule has 116 valence electrons. The molecule has 0 radical (unpaired) electrons. The van der Waals surface area contributed by atoms with Crippen LogP contribution in [0.15, 0.2) is 0 Å². The summed E-state index contributed by atoms with van der Waals surface area (Å²) >= 11 is 0. The van der Waals surface area contributed by atoms with Crippen molar-refractivity contribution in [3.63, 3.8) is 0 Å². The standard InChI is InChI=1S/C16H30N2O2/c1-20-11-9-16(19)17-15-8-5-10-18(13-15)12-14-6-3-2-4-7-14/h14-15H,2-13H2,1H3,(H,17,19). The summed E-state index contributed by atoms with van der Waals surface area (Å²) in [7, 11) is 1.64. The average molecular weight is 282 g/mol. The summed E-state index contributed by atoms with van der Waals surface area (Å²) in [6.07, 6.45) is 9.88. The van der Waals surface area contributed by atoms with Crippen LogP contribution in [0.1, 0.15) is 51.4 Å². The Morgan fingerprint density at radius 2 is 2.00 bits per heavy atom. The van der Waals surface area contributed by atoms with Crippen molar-refractivity contribution in [1.82, 2.24) is 10.2 Å². The van der Waals surface area contributed by atoms with E-state index in [9.17, 15) is 4.79 Å². The number of carbonyl (C=O) groups is 1. The van der Waals surface area contributed by atoms with Crippen LogP contribution < -0.4 is 5.32 Å². The van der Waals surface area contributed by atoms with E-state index in [-0.39, 0.29) is 5.91 Å². The number of hydrogen-bond acceptors (Lipinski definition) is 3. The van der Waals surface area contributed by atoms with Gasteiger partial charge in [-0.2, -0.15) is 0 Å². The highest BCUT2D eigenvalue weighted by atomic mass is 16.5. The molecule has 1 aliphatic carbocycles. The zero-order chi connectivity index (χ0) is 14.2. The minimum Gasteiger partial charge on any atom is -0.384 e. The van der Waals surface area contributed by atoms with Crippen LogP contribution in [-0.2, 0) is 9.53 Å². The molecule has 20 heavy (non-hydrogen) atoms. The molecular formula is C16H30N2O2. The van der Waals surface area contributed by atoms with Crippen molar-refractivity contribution >= 4 is 5.91 Å². The Morgan fingerprint density at radius 1 is 1.20 bits per heavy atom. The smallest absolute Gasteiger partial charge is 0.222 e. The Labute approximate surface area is 123 Å². The van der Waals surface area contributed by atoms with Crippen LogP contribution >= 0.6 is 0 Å². The van der Waals surface area contributed by atoms with E-state index in [1.807, 2.05) is 0 Å². The molecule has 4 nitrogen and oxygen atoms in total. The zero-order valence-electron chi connectivity index (χ0n) is 12.9. The Kier molecular flexibility index (Phi) is 6.80. The fourth-order valence-electron chi connectivity index (χ4n) is 3.57. The van der Waals surface area contributed by atoms with E-state index in [0.29, 0.717) is 19.1 Å². The van der Waals surface area contributed by atoms with Crippen molar-refractivity contribution in [3.8, 4) is 0 Å². The van der Waals surface area contributed by atoms with E-state index in [1.165, 1.54) is 51.6 Å². The fraction of sp³-hybridized carbons (Fsp3) is 0.938. The van der Waals surface area contributed by atoms with Crippen molar-refractivity contribution in [1.29, 1.82) is 0 Å². The van der Waals surface area contributed by atoms with Crippen LogP contribution in [0.4, 0.5) is 0 Å². The summed E-state index contributed by atoms with van der Waals surface area (Å²) < 4.78 is 4.95. The lowest BCUT2D eigenvalue weighted by Gasteiger charge is -2.36. The van der Waals surface area contributed by atoms with Gasteiger partial charge in [-0.05, 0) is 38.1 Å². The minimum absolute atomic E-state index is 0.136. The highest BCUT2D eigenvalue weighted by Crippen LogP contribution is 2.25. The summed E-state index contributed by atoms with van der Waals surface area (Å²) in [5.41, 5.74) is 0. The van der Waals surface area contributed by atoms with Crippen LogP contribution in [0.25, 0.3) is 0 Å². The fourth-order valence-corrected chi connectivity index (χ4v) is 3.57. The van der Waals surface area contributed by atoms with Crippen LogP contribution in [0, 0.1) is 5.92 Å². The second-order valence-corrected chi connectivity index (χ2v) is 6.41. The van der Waals surface area contributed by atoms with Crippen molar-refractivity contribution in [2.75, 3.05) is 33.4 Å². The number of nitrogens with zero attached hydrogens (tertiary/aromatic N) is 1. The van der Waals surface area contributed by atoms with Gasteiger partial charge in [-0.1, -0.05) is 19.3 Å². The van der Waals surface area contributed by atoms with Gasteiger partial charge in [0.1, 0.15) is 0 Å².